The first-order valence-electron chi connectivity index (χ1n) is 4.67. The number of nitrogens with zero attached hydrogens (tertiary/aromatic N) is 2. The molecule has 0 bridgehead atoms. The van der Waals surface area contributed by atoms with E-state index < -0.39 is 0 Å². The van der Waals surface area contributed by atoms with Crippen LogP contribution in [0.2, 0.25) is 0 Å². The fourth-order valence-corrected chi connectivity index (χ4v) is 0.953. The Morgan fingerprint density at radius 1 is 1.36 bits per heavy atom. The van der Waals surface area contributed by atoms with Gasteiger partial charge in [0.25, 0.3) is 0 Å². The van der Waals surface area contributed by atoms with E-state index >= 15 is 0 Å². The Bertz CT molecular complexity index is 322. The monoisotopic (exact) mass is 195 g/mol. The summed E-state index contributed by atoms with van der Waals surface area (Å²) in [6.45, 7) is 8.01. The van der Waals surface area contributed by atoms with Crippen molar-refractivity contribution in [1.29, 1.82) is 0 Å². The summed E-state index contributed by atoms with van der Waals surface area (Å²) in [4.78, 5) is 0. The first kappa shape index (κ1) is 10.9. The van der Waals surface area contributed by atoms with Crippen molar-refractivity contribution in [1.82, 2.24) is 10.2 Å². The summed E-state index contributed by atoms with van der Waals surface area (Å²) in [5.41, 5.74) is 5.89. The molecule has 14 heavy (non-hydrogen) atoms. The summed E-state index contributed by atoms with van der Waals surface area (Å²) >= 11 is 0. The normalized spacial score (nSPS) is 14.9. The van der Waals surface area contributed by atoms with Crippen molar-refractivity contribution in [3.8, 4) is 0 Å². The van der Waals surface area contributed by atoms with E-state index in [0.29, 0.717) is 11.8 Å². The Morgan fingerprint density at radius 3 is 2.50 bits per heavy atom. The van der Waals surface area contributed by atoms with E-state index in [2.05, 4.69) is 10.2 Å². The van der Waals surface area contributed by atoms with Gasteiger partial charge in [-0.1, -0.05) is 26.8 Å². The van der Waals surface area contributed by atoms with Crippen LogP contribution in [0, 0.1) is 5.41 Å². The molecule has 1 heterocycles. The number of rotatable bonds is 2. The Balaban J connectivity index is 2.87. The Morgan fingerprint density at radius 2 is 2.00 bits per heavy atom. The van der Waals surface area contributed by atoms with Crippen molar-refractivity contribution in [2.45, 2.75) is 33.7 Å². The number of hydrogen-bond donors (Lipinski definition) is 1. The Hall–Kier alpha value is -1.16. The number of allylic oxidation sites excluding steroid dienone is 1. The zero-order chi connectivity index (χ0) is 10.8. The predicted octanol–water partition coefficient (Wildman–Crippen LogP) is 2.15. The Labute approximate surface area is 84.2 Å². The summed E-state index contributed by atoms with van der Waals surface area (Å²) in [5, 5.41) is 7.77. The molecule has 0 saturated heterocycles. The summed E-state index contributed by atoms with van der Waals surface area (Å²) in [6.07, 6.45) is 3.60. The van der Waals surface area contributed by atoms with Crippen LogP contribution in [0.25, 0.3) is 6.08 Å². The van der Waals surface area contributed by atoms with Gasteiger partial charge in [0.1, 0.15) is 0 Å². The fraction of sp³-hybridized carbons (Fsp3) is 0.600. The predicted molar refractivity (Wildman–Crippen MR) is 55.4 cm³/mol. The maximum absolute atomic E-state index is 5.96. The molecule has 0 aromatic carbocycles. The van der Waals surface area contributed by atoms with Gasteiger partial charge < -0.3 is 10.2 Å². The van der Waals surface area contributed by atoms with Gasteiger partial charge in [0.05, 0.1) is 6.04 Å². The van der Waals surface area contributed by atoms with Gasteiger partial charge in [-0.15, -0.1) is 10.2 Å². The van der Waals surface area contributed by atoms with E-state index in [-0.39, 0.29) is 11.5 Å². The van der Waals surface area contributed by atoms with Gasteiger partial charge in [-0.2, -0.15) is 0 Å². The molecule has 0 aliphatic rings. The third-order valence-electron chi connectivity index (χ3n) is 1.96. The average molecular weight is 195 g/mol. The largest absolute Gasteiger partial charge is 0.420 e. The number of hydrogen-bond acceptors (Lipinski definition) is 4. The van der Waals surface area contributed by atoms with Crippen molar-refractivity contribution in [3.63, 3.8) is 0 Å². The summed E-state index contributed by atoms with van der Waals surface area (Å²) in [5.74, 6) is 0.993. The second kappa shape index (κ2) is 3.92. The zero-order valence-corrected chi connectivity index (χ0v) is 9.11. The van der Waals surface area contributed by atoms with Crippen LogP contribution in [0.4, 0.5) is 0 Å². The highest BCUT2D eigenvalue weighted by Gasteiger charge is 2.26. The molecule has 1 aromatic heterocycles. The molecular weight excluding hydrogens is 178 g/mol. The molecule has 0 spiro atoms. The topological polar surface area (TPSA) is 64.9 Å². The lowest BCUT2D eigenvalue weighted by molar-refractivity contribution is 0.276. The fourth-order valence-electron chi connectivity index (χ4n) is 0.953. The molecule has 0 saturated carbocycles. The SMILES string of the molecule is C/C=C/c1nnc(C(N)C(C)(C)C)o1. The maximum atomic E-state index is 5.96. The van der Waals surface area contributed by atoms with E-state index in [1.807, 2.05) is 33.8 Å². The Kier molecular flexibility index (Phi) is 3.06. The van der Waals surface area contributed by atoms with Crippen molar-refractivity contribution < 1.29 is 4.42 Å². The molecule has 2 N–H and O–H groups in total. The highest BCUT2D eigenvalue weighted by molar-refractivity contribution is 5.35. The van der Waals surface area contributed by atoms with E-state index in [0.717, 1.165) is 0 Å². The molecule has 0 aliphatic heterocycles. The third-order valence-corrected chi connectivity index (χ3v) is 1.96. The second-order valence-corrected chi connectivity index (χ2v) is 4.32. The van der Waals surface area contributed by atoms with E-state index in [9.17, 15) is 0 Å². The molecule has 1 rings (SSSR count). The average Bonchev–Trinajstić information content (AvgIpc) is 2.50. The molecule has 78 valence electrons. The molecule has 4 heteroatoms. The van der Waals surface area contributed by atoms with Crippen LogP contribution >= 0.6 is 0 Å². The van der Waals surface area contributed by atoms with Gasteiger partial charge in [0.15, 0.2) is 0 Å². The molecule has 0 radical (unpaired) electrons. The van der Waals surface area contributed by atoms with Gasteiger partial charge in [0, 0.05) is 0 Å². The summed E-state index contributed by atoms with van der Waals surface area (Å²) in [6, 6.07) is -0.228. The van der Waals surface area contributed by atoms with E-state index in [1.165, 1.54) is 0 Å². The lowest BCUT2D eigenvalue weighted by Crippen LogP contribution is -2.26. The zero-order valence-electron chi connectivity index (χ0n) is 9.11. The molecule has 0 fully saturated rings. The highest BCUT2D eigenvalue weighted by atomic mass is 16.4. The van der Waals surface area contributed by atoms with Crippen LogP contribution in [-0.4, -0.2) is 10.2 Å². The van der Waals surface area contributed by atoms with Gasteiger partial charge in [-0.25, -0.2) is 0 Å². The minimum Gasteiger partial charge on any atom is -0.420 e. The van der Waals surface area contributed by atoms with E-state index in [1.54, 1.807) is 6.08 Å². The van der Waals surface area contributed by atoms with E-state index in [4.69, 9.17) is 10.2 Å². The quantitative estimate of drug-likeness (QED) is 0.785. The first-order valence-corrected chi connectivity index (χ1v) is 4.67. The summed E-state index contributed by atoms with van der Waals surface area (Å²) in [7, 11) is 0. The van der Waals surface area contributed by atoms with Crippen molar-refractivity contribution in [3.05, 3.63) is 17.9 Å². The molecule has 0 amide bonds. The van der Waals surface area contributed by atoms with Crippen LogP contribution in [0.3, 0.4) is 0 Å². The van der Waals surface area contributed by atoms with Crippen LogP contribution in [0.15, 0.2) is 10.5 Å². The lowest BCUT2D eigenvalue weighted by atomic mass is 9.87. The van der Waals surface area contributed by atoms with Crippen molar-refractivity contribution in [2.24, 2.45) is 11.1 Å². The molecule has 0 aliphatic carbocycles. The standard InChI is InChI=1S/C10H17N3O/c1-5-6-7-12-13-9(14-7)8(11)10(2,3)4/h5-6,8H,11H2,1-4H3/b6-5+. The lowest BCUT2D eigenvalue weighted by Gasteiger charge is -2.23. The van der Waals surface area contributed by atoms with Gasteiger partial charge in [0.2, 0.25) is 11.8 Å². The smallest absolute Gasteiger partial charge is 0.240 e. The first-order chi connectivity index (χ1) is 6.45. The maximum Gasteiger partial charge on any atom is 0.240 e. The van der Waals surface area contributed by atoms with Crippen LogP contribution in [-0.2, 0) is 0 Å². The molecule has 4 nitrogen and oxygen atoms in total. The van der Waals surface area contributed by atoms with Crippen LogP contribution in [0.5, 0.6) is 0 Å². The summed E-state index contributed by atoms with van der Waals surface area (Å²) < 4.78 is 5.38. The molecule has 1 unspecified atom stereocenters. The van der Waals surface area contributed by atoms with Crippen molar-refractivity contribution in [2.75, 3.05) is 0 Å². The minimum absolute atomic E-state index is 0.0697. The molecular formula is C10H17N3O. The van der Waals surface area contributed by atoms with Gasteiger partial charge in [-0.3, -0.25) is 0 Å². The van der Waals surface area contributed by atoms with Gasteiger partial charge >= 0.3 is 0 Å². The van der Waals surface area contributed by atoms with Crippen LogP contribution < -0.4 is 5.73 Å². The minimum atomic E-state index is -0.228. The second-order valence-electron chi connectivity index (χ2n) is 4.32. The third kappa shape index (κ3) is 2.42. The van der Waals surface area contributed by atoms with Crippen molar-refractivity contribution >= 4 is 6.08 Å². The van der Waals surface area contributed by atoms with Gasteiger partial charge in [-0.05, 0) is 18.4 Å². The highest BCUT2D eigenvalue weighted by Crippen LogP contribution is 2.29. The molecule has 1 atom stereocenters. The number of aromatic nitrogens is 2. The molecule has 1 aromatic rings. The van der Waals surface area contributed by atoms with Crippen LogP contribution in [0.1, 0.15) is 45.5 Å². The number of nitrogens with two attached hydrogens (primary N) is 1.